The number of nitrogens with one attached hydrogen (secondary N) is 2. The molecule has 0 bridgehead atoms. The van der Waals surface area contributed by atoms with Crippen LogP contribution in [0.5, 0.6) is 0 Å². The van der Waals surface area contributed by atoms with Crippen molar-refractivity contribution in [1.82, 2.24) is 10.3 Å². The number of hydrogen-bond acceptors (Lipinski definition) is 2. The molecule has 0 radical (unpaired) electrons. The molecule has 0 saturated heterocycles. The van der Waals surface area contributed by atoms with Crippen molar-refractivity contribution >= 4 is 28.4 Å². The average Bonchev–Trinajstić information content (AvgIpc) is 2.97. The van der Waals surface area contributed by atoms with Crippen LogP contribution in [0.25, 0.3) is 10.9 Å². The van der Waals surface area contributed by atoms with Gasteiger partial charge in [0, 0.05) is 28.7 Å². The number of carbonyl (C=O) groups excluding carboxylic acids is 1. The van der Waals surface area contributed by atoms with Crippen LogP contribution in [0.15, 0.2) is 54.7 Å². The highest BCUT2D eigenvalue weighted by molar-refractivity contribution is 6.31. The van der Waals surface area contributed by atoms with E-state index < -0.39 is 6.04 Å². The van der Waals surface area contributed by atoms with Crippen molar-refractivity contribution in [3.8, 4) is 0 Å². The predicted octanol–water partition coefficient (Wildman–Crippen LogP) is 3.01. The highest BCUT2D eigenvalue weighted by Crippen LogP contribution is 2.19. The molecule has 3 aromatic rings. The molecule has 0 unspecified atom stereocenters. The Bertz CT molecular complexity index is 828. The zero-order chi connectivity index (χ0) is 16.2. The van der Waals surface area contributed by atoms with Crippen LogP contribution in [0, 0.1) is 0 Å². The van der Waals surface area contributed by atoms with Gasteiger partial charge in [-0.1, -0.05) is 48.0 Å². The molecule has 4 N–H and O–H groups in total. The van der Waals surface area contributed by atoms with E-state index in [1.54, 1.807) is 6.07 Å². The van der Waals surface area contributed by atoms with E-state index in [-0.39, 0.29) is 5.91 Å². The Morgan fingerprint density at radius 1 is 1.13 bits per heavy atom. The lowest BCUT2D eigenvalue weighted by Crippen LogP contribution is -2.41. The van der Waals surface area contributed by atoms with Crippen molar-refractivity contribution in [3.63, 3.8) is 0 Å². The molecule has 0 fully saturated rings. The Morgan fingerprint density at radius 3 is 2.70 bits per heavy atom. The smallest absolute Gasteiger partial charge is 0.237 e. The van der Waals surface area contributed by atoms with Crippen LogP contribution in [-0.4, -0.2) is 16.9 Å². The fourth-order valence-electron chi connectivity index (χ4n) is 2.59. The van der Waals surface area contributed by atoms with Gasteiger partial charge in [-0.05, 0) is 29.7 Å². The van der Waals surface area contributed by atoms with Gasteiger partial charge in [-0.2, -0.15) is 0 Å². The number of carbonyl (C=O) groups is 1. The Morgan fingerprint density at radius 2 is 1.87 bits per heavy atom. The SMILES string of the molecule is N[C@H](Cc1c[nH]c2ccccc12)C(=O)NCc1ccccc1Cl. The zero-order valence-electron chi connectivity index (χ0n) is 12.6. The van der Waals surface area contributed by atoms with Crippen molar-refractivity contribution in [2.75, 3.05) is 0 Å². The van der Waals surface area contributed by atoms with E-state index >= 15 is 0 Å². The van der Waals surface area contributed by atoms with E-state index in [0.29, 0.717) is 18.0 Å². The number of halogens is 1. The lowest BCUT2D eigenvalue weighted by Gasteiger charge is -2.12. The Hall–Kier alpha value is -2.30. The van der Waals surface area contributed by atoms with Crippen molar-refractivity contribution < 1.29 is 4.79 Å². The van der Waals surface area contributed by atoms with Crippen molar-refractivity contribution in [3.05, 3.63) is 70.9 Å². The Labute approximate surface area is 139 Å². The van der Waals surface area contributed by atoms with E-state index in [1.165, 1.54) is 0 Å². The second-order valence-electron chi connectivity index (χ2n) is 5.48. The van der Waals surface area contributed by atoms with Crippen LogP contribution in [0.2, 0.25) is 5.02 Å². The van der Waals surface area contributed by atoms with E-state index in [4.69, 9.17) is 17.3 Å². The summed E-state index contributed by atoms with van der Waals surface area (Å²) >= 11 is 6.08. The van der Waals surface area contributed by atoms with Gasteiger partial charge in [0.2, 0.25) is 5.91 Å². The molecule has 0 aliphatic heterocycles. The molecule has 1 atom stereocenters. The standard InChI is InChI=1S/C18H18ClN3O/c19-15-7-3-1-5-12(15)10-22-18(23)16(20)9-13-11-21-17-8-4-2-6-14(13)17/h1-8,11,16,21H,9-10,20H2,(H,22,23)/t16-/m1/s1. The fraction of sp³-hybridized carbons (Fsp3) is 0.167. The van der Waals surface area contributed by atoms with Gasteiger partial charge in [-0.3, -0.25) is 4.79 Å². The highest BCUT2D eigenvalue weighted by Gasteiger charge is 2.16. The number of para-hydroxylation sites is 1. The molecular formula is C18H18ClN3O. The summed E-state index contributed by atoms with van der Waals surface area (Å²) in [6, 6.07) is 14.8. The maximum Gasteiger partial charge on any atom is 0.237 e. The van der Waals surface area contributed by atoms with Gasteiger partial charge in [0.1, 0.15) is 0 Å². The minimum atomic E-state index is -0.600. The van der Waals surface area contributed by atoms with E-state index in [9.17, 15) is 4.79 Å². The minimum absolute atomic E-state index is 0.185. The minimum Gasteiger partial charge on any atom is -0.361 e. The van der Waals surface area contributed by atoms with Crippen LogP contribution >= 0.6 is 11.6 Å². The van der Waals surface area contributed by atoms with Crippen molar-refractivity contribution in [2.45, 2.75) is 19.0 Å². The molecule has 2 aromatic carbocycles. The molecule has 4 nitrogen and oxygen atoms in total. The van der Waals surface area contributed by atoms with Gasteiger partial charge in [-0.25, -0.2) is 0 Å². The third-order valence-corrected chi connectivity index (χ3v) is 4.23. The van der Waals surface area contributed by atoms with Gasteiger partial charge in [0.15, 0.2) is 0 Å². The van der Waals surface area contributed by atoms with Gasteiger partial charge >= 0.3 is 0 Å². The maximum absolute atomic E-state index is 12.2. The maximum atomic E-state index is 12.2. The van der Waals surface area contributed by atoms with Crippen molar-refractivity contribution in [1.29, 1.82) is 0 Å². The van der Waals surface area contributed by atoms with Gasteiger partial charge in [0.05, 0.1) is 6.04 Å². The highest BCUT2D eigenvalue weighted by atomic mass is 35.5. The molecule has 1 heterocycles. The predicted molar refractivity (Wildman–Crippen MR) is 93.3 cm³/mol. The number of H-pyrrole nitrogens is 1. The fourth-order valence-corrected chi connectivity index (χ4v) is 2.79. The third-order valence-electron chi connectivity index (χ3n) is 3.86. The number of amides is 1. The second kappa shape index (κ2) is 6.86. The lowest BCUT2D eigenvalue weighted by molar-refractivity contribution is -0.122. The molecule has 1 aromatic heterocycles. The quantitative estimate of drug-likeness (QED) is 0.674. The number of aromatic amines is 1. The summed E-state index contributed by atoms with van der Waals surface area (Å²) in [6.45, 7) is 0.375. The molecule has 118 valence electrons. The Balaban J connectivity index is 1.63. The van der Waals surface area contributed by atoms with E-state index in [2.05, 4.69) is 10.3 Å². The van der Waals surface area contributed by atoms with E-state index in [1.807, 2.05) is 48.7 Å². The number of rotatable bonds is 5. The lowest BCUT2D eigenvalue weighted by atomic mass is 10.0. The summed E-state index contributed by atoms with van der Waals surface area (Å²) in [6.07, 6.45) is 2.39. The topological polar surface area (TPSA) is 70.9 Å². The first kappa shape index (κ1) is 15.6. The molecule has 1 amide bonds. The molecule has 0 spiro atoms. The molecule has 5 heteroatoms. The molecule has 23 heavy (non-hydrogen) atoms. The van der Waals surface area contributed by atoms with Crippen LogP contribution in [0.4, 0.5) is 0 Å². The normalized spacial score (nSPS) is 12.3. The number of nitrogens with two attached hydrogens (primary N) is 1. The van der Waals surface area contributed by atoms with Crippen LogP contribution in [0.1, 0.15) is 11.1 Å². The molecule has 0 saturated carbocycles. The van der Waals surface area contributed by atoms with Gasteiger partial charge in [-0.15, -0.1) is 0 Å². The van der Waals surface area contributed by atoms with Crippen LogP contribution in [0.3, 0.4) is 0 Å². The van der Waals surface area contributed by atoms with Crippen molar-refractivity contribution in [2.24, 2.45) is 5.73 Å². The van der Waals surface area contributed by atoms with E-state index in [0.717, 1.165) is 22.0 Å². The summed E-state index contributed by atoms with van der Waals surface area (Å²) in [7, 11) is 0. The molecule has 0 aliphatic carbocycles. The monoisotopic (exact) mass is 327 g/mol. The summed E-state index contributed by atoms with van der Waals surface area (Å²) in [5.74, 6) is -0.185. The molecular weight excluding hydrogens is 310 g/mol. The zero-order valence-corrected chi connectivity index (χ0v) is 13.3. The first-order valence-electron chi connectivity index (χ1n) is 7.47. The molecule has 3 rings (SSSR count). The summed E-state index contributed by atoms with van der Waals surface area (Å²) < 4.78 is 0. The average molecular weight is 328 g/mol. The Kier molecular flexibility index (Phi) is 4.65. The summed E-state index contributed by atoms with van der Waals surface area (Å²) in [5, 5.41) is 4.58. The van der Waals surface area contributed by atoms with Gasteiger partial charge < -0.3 is 16.0 Å². The number of aromatic nitrogens is 1. The van der Waals surface area contributed by atoms with Crippen LogP contribution < -0.4 is 11.1 Å². The number of fused-ring (bicyclic) bond motifs is 1. The third kappa shape index (κ3) is 3.55. The number of hydrogen-bond donors (Lipinski definition) is 3. The molecule has 0 aliphatic rings. The second-order valence-corrected chi connectivity index (χ2v) is 5.89. The largest absolute Gasteiger partial charge is 0.361 e. The van der Waals surface area contributed by atoms with Crippen LogP contribution in [-0.2, 0) is 17.8 Å². The first-order chi connectivity index (χ1) is 11.1. The first-order valence-corrected chi connectivity index (χ1v) is 7.84. The van der Waals surface area contributed by atoms with Gasteiger partial charge in [0.25, 0.3) is 0 Å². The number of benzene rings is 2. The summed E-state index contributed by atoms with van der Waals surface area (Å²) in [4.78, 5) is 15.4. The summed E-state index contributed by atoms with van der Waals surface area (Å²) in [5.41, 5.74) is 9.01.